The van der Waals surface area contributed by atoms with Gasteiger partial charge in [0.15, 0.2) is 5.69 Å². The van der Waals surface area contributed by atoms with Gasteiger partial charge in [-0.25, -0.2) is 8.78 Å². The van der Waals surface area contributed by atoms with E-state index in [-0.39, 0.29) is 22.4 Å². The molecule has 2 aromatic carbocycles. The van der Waals surface area contributed by atoms with Crippen LogP contribution in [0.4, 0.5) is 27.6 Å². The zero-order chi connectivity index (χ0) is 21.3. The van der Waals surface area contributed by atoms with Crippen LogP contribution in [0, 0.1) is 18.6 Å². The molecule has 0 radical (unpaired) electrons. The summed E-state index contributed by atoms with van der Waals surface area (Å²) in [5, 5.41) is 5.87. The van der Waals surface area contributed by atoms with E-state index in [4.69, 9.17) is 0 Å². The number of hydrogen-bond donors (Lipinski definition) is 1. The number of hydrogen-bond acceptors (Lipinski definition) is 2. The highest BCUT2D eigenvalue weighted by Crippen LogP contribution is 2.32. The normalized spacial score (nSPS) is 11.6. The predicted octanol–water partition coefficient (Wildman–Crippen LogP) is 4.87. The number of benzene rings is 2. The van der Waals surface area contributed by atoms with Crippen LogP contribution < -0.4 is 5.32 Å². The van der Waals surface area contributed by atoms with Gasteiger partial charge in [-0.2, -0.15) is 18.3 Å². The maximum absolute atomic E-state index is 13.9. The third kappa shape index (κ3) is 4.44. The van der Waals surface area contributed by atoms with Crippen molar-refractivity contribution in [1.82, 2.24) is 9.78 Å². The summed E-state index contributed by atoms with van der Waals surface area (Å²) >= 11 is 0. The molecule has 0 spiro atoms. The van der Waals surface area contributed by atoms with E-state index in [0.29, 0.717) is 5.56 Å². The summed E-state index contributed by atoms with van der Waals surface area (Å²) in [6.45, 7) is 1.30. The summed E-state index contributed by atoms with van der Waals surface area (Å²) in [5.41, 5.74) is -0.794. The molecule has 3 rings (SSSR count). The Morgan fingerprint density at radius 1 is 1.14 bits per heavy atom. The highest BCUT2D eigenvalue weighted by molar-refractivity contribution is 5.96. The molecule has 1 aromatic heterocycles. The number of alkyl halides is 3. The number of para-hydroxylation sites is 1. The lowest BCUT2D eigenvalue weighted by atomic mass is 10.0. The van der Waals surface area contributed by atoms with Gasteiger partial charge >= 0.3 is 6.18 Å². The lowest BCUT2D eigenvalue weighted by Crippen LogP contribution is -2.17. The van der Waals surface area contributed by atoms with Gasteiger partial charge in [0, 0.05) is 35.6 Å². The Balaban J connectivity index is 1.88. The van der Waals surface area contributed by atoms with E-state index in [1.54, 1.807) is 18.2 Å². The molecule has 152 valence electrons. The van der Waals surface area contributed by atoms with Gasteiger partial charge in [0.05, 0.1) is 6.42 Å². The Morgan fingerprint density at radius 2 is 1.76 bits per heavy atom. The van der Waals surface area contributed by atoms with Crippen molar-refractivity contribution in [3.8, 4) is 11.1 Å². The van der Waals surface area contributed by atoms with Gasteiger partial charge < -0.3 is 5.32 Å². The van der Waals surface area contributed by atoms with Crippen LogP contribution in [0.15, 0.2) is 42.6 Å². The fraction of sp³-hybridized carbons (Fsp3) is 0.200. The molecule has 0 aliphatic heterocycles. The molecule has 0 unspecified atom stereocenters. The summed E-state index contributed by atoms with van der Waals surface area (Å²) in [5.74, 6) is -2.21. The van der Waals surface area contributed by atoms with Crippen molar-refractivity contribution in [3.63, 3.8) is 0 Å². The first-order valence-electron chi connectivity index (χ1n) is 8.51. The first-order valence-corrected chi connectivity index (χ1v) is 8.51. The average Bonchev–Trinajstić information content (AvgIpc) is 3.00. The van der Waals surface area contributed by atoms with E-state index >= 15 is 0 Å². The van der Waals surface area contributed by atoms with Crippen molar-refractivity contribution in [1.29, 1.82) is 0 Å². The number of anilines is 1. The van der Waals surface area contributed by atoms with E-state index in [1.165, 1.54) is 20.0 Å². The Kier molecular flexibility index (Phi) is 5.41. The Labute approximate surface area is 163 Å². The van der Waals surface area contributed by atoms with E-state index in [9.17, 15) is 26.7 Å². The molecule has 0 aliphatic carbocycles. The molecular formula is C20H16F5N3O. The second-order valence-electron chi connectivity index (χ2n) is 6.51. The van der Waals surface area contributed by atoms with Crippen LogP contribution in [0.25, 0.3) is 11.1 Å². The lowest BCUT2D eigenvalue weighted by Gasteiger charge is -2.13. The molecule has 9 heteroatoms. The average molecular weight is 409 g/mol. The molecule has 1 N–H and O–H groups in total. The molecule has 29 heavy (non-hydrogen) atoms. The van der Waals surface area contributed by atoms with E-state index in [0.717, 1.165) is 23.0 Å². The number of rotatable bonds is 4. The Bertz CT molecular complexity index is 1050. The van der Waals surface area contributed by atoms with E-state index in [2.05, 4.69) is 10.4 Å². The molecule has 1 amide bonds. The van der Waals surface area contributed by atoms with Crippen molar-refractivity contribution in [2.75, 3.05) is 5.32 Å². The van der Waals surface area contributed by atoms with Gasteiger partial charge in [-0.3, -0.25) is 9.48 Å². The number of aryl methyl sites for hydroxylation is 1. The smallest absolute Gasteiger partial charge is 0.325 e. The minimum Gasteiger partial charge on any atom is -0.325 e. The van der Waals surface area contributed by atoms with Crippen LogP contribution in [-0.2, 0) is 24.4 Å². The predicted molar refractivity (Wildman–Crippen MR) is 97.1 cm³/mol. The van der Waals surface area contributed by atoms with Crippen LogP contribution in [0.2, 0.25) is 0 Å². The van der Waals surface area contributed by atoms with Gasteiger partial charge in [0.1, 0.15) is 11.6 Å². The third-order valence-corrected chi connectivity index (χ3v) is 4.32. The Morgan fingerprint density at radius 3 is 2.38 bits per heavy atom. The highest BCUT2D eigenvalue weighted by Gasteiger charge is 2.37. The standard InChI is InChI=1S/C20H16F5N3O/c1-11-15(21)7-12(8-16(11)22)14-5-3-4-6-17(14)26-18(29)9-13-10-28(2)27-19(13)20(23,24)25/h3-8,10H,9H2,1-2H3,(H,26,29). The molecule has 0 atom stereocenters. The summed E-state index contributed by atoms with van der Waals surface area (Å²) in [6.07, 6.45) is -4.13. The summed E-state index contributed by atoms with van der Waals surface area (Å²) < 4.78 is 68.0. The number of halogens is 5. The SMILES string of the molecule is Cc1c(F)cc(-c2ccccc2NC(=O)Cc2cn(C)nc2C(F)(F)F)cc1F. The second-order valence-corrected chi connectivity index (χ2v) is 6.51. The molecule has 0 saturated carbocycles. The number of carbonyl (C=O) groups excluding carboxylic acids is 1. The summed E-state index contributed by atoms with van der Waals surface area (Å²) in [4.78, 5) is 12.4. The largest absolute Gasteiger partial charge is 0.435 e. The Hall–Kier alpha value is -3.23. The maximum Gasteiger partial charge on any atom is 0.435 e. The minimum absolute atomic E-state index is 0.133. The number of nitrogens with one attached hydrogen (secondary N) is 1. The molecule has 0 aliphatic rings. The van der Waals surface area contributed by atoms with Gasteiger partial charge in [0.25, 0.3) is 0 Å². The van der Waals surface area contributed by atoms with Crippen molar-refractivity contribution < 1.29 is 26.7 Å². The van der Waals surface area contributed by atoms with Crippen LogP contribution in [-0.4, -0.2) is 15.7 Å². The van der Waals surface area contributed by atoms with Gasteiger partial charge in [-0.05, 0) is 30.7 Å². The van der Waals surface area contributed by atoms with Crippen LogP contribution >= 0.6 is 0 Å². The van der Waals surface area contributed by atoms with Crippen LogP contribution in [0.5, 0.6) is 0 Å². The van der Waals surface area contributed by atoms with Gasteiger partial charge in [-0.1, -0.05) is 18.2 Å². The fourth-order valence-electron chi connectivity index (χ4n) is 2.92. The van der Waals surface area contributed by atoms with Crippen LogP contribution in [0.3, 0.4) is 0 Å². The summed E-state index contributed by atoms with van der Waals surface area (Å²) in [7, 11) is 1.33. The van der Waals surface area contributed by atoms with Gasteiger partial charge in [-0.15, -0.1) is 0 Å². The van der Waals surface area contributed by atoms with Crippen molar-refractivity contribution in [3.05, 3.63) is 71.1 Å². The van der Waals surface area contributed by atoms with Crippen LogP contribution in [0.1, 0.15) is 16.8 Å². The fourth-order valence-corrected chi connectivity index (χ4v) is 2.92. The molecule has 0 saturated heterocycles. The lowest BCUT2D eigenvalue weighted by molar-refractivity contribution is -0.142. The first-order chi connectivity index (χ1) is 13.6. The number of aromatic nitrogens is 2. The van der Waals surface area contributed by atoms with Crippen molar-refractivity contribution in [2.45, 2.75) is 19.5 Å². The second kappa shape index (κ2) is 7.65. The van der Waals surface area contributed by atoms with Crippen molar-refractivity contribution >= 4 is 11.6 Å². The topological polar surface area (TPSA) is 46.9 Å². The molecular weight excluding hydrogens is 393 g/mol. The summed E-state index contributed by atoms with van der Waals surface area (Å²) in [6, 6.07) is 8.51. The van der Waals surface area contributed by atoms with E-state index < -0.39 is 35.8 Å². The molecule has 1 heterocycles. The quantitative estimate of drug-likeness (QED) is 0.625. The highest BCUT2D eigenvalue weighted by atomic mass is 19.4. The van der Waals surface area contributed by atoms with E-state index in [1.807, 2.05) is 0 Å². The maximum atomic E-state index is 13.9. The zero-order valence-electron chi connectivity index (χ0n) is 15.4. The molecule has 3 aromatic rings. The number of carbonyl (C=O) groups is 1. The zero-order valence-corrected chi connectivity index (χ0v) is 15.4. The minimum atomic E-state index is -4.69. The van der Waals surface area contributed by atoms with Crippen molar-refractivity contribution in [2.24, 2.45) is 7.05 Å². The molecule has 0 fully saturated rings. The van der Waals surface area contributed by atoms with Gasteiger partial charge in [0.2, 0.25) is 5.91 Å². The monoisotopic (exact) mass is 409 g/mol. The molecule has 4 nitrogen and oxygen atoms in total. The third-order valence-electron chi connectivity index (χ3n) is 4.32. The number of amides is 1. The number of nitrogens with zero attached hydrogens (tertiary/aromatic N) is 2. The first kappa shape index (κ1) is 20.5. The molecule has 0 bridgehead atoms.